The molecule has 6 heteroatoms. The van der Waals surface area contributed by atoms with Crippen molar-refractivity contribution in [2.24, 2.45) is 11.8 Å². The lowest BCUT2D eigenvalue weighted by molar-refractivity contribution is 0.0977. The molecule has 0 unspecified atom stereocenters. The van der Waals surface area contributed by atoms with E-state index < -0.39 is 0 Å². The lowest BCUT2D eigenvalue weighted by Gasteiger charge is -2.29. The van der Waals surface area contributed by atoms with Crippen molar-refractivity contribution in [2.45, 2.75) is 70.6 Å². The summed E-state index contributed by atoms with van der Waals surface area (Å²) < 4.78 is 0. The van der Waals surface area contributed by atoms with Gasteiger partial charge in [-0.05, 0) is 52.5 Å². The number of hydrogen-bond acceptors (Lipinski definition) is 6. The molecule has 152 valence electrons. The molecule has 3 rings (SSSR count). The van der Waals surface area contributed by atoms with Crippen LogP contribution in [-0.4, -0.2) is 64.5 Å². The van der Waals surface area contributed by atoms with Crippen LogP contribution in [0.2, 0.25) is 0 Å². The van der Waals surface area contributed by atoms with Gasteiger partial charge < -0.3 is 15.1 Å². The summed E-state index contributed by atoms with van der Waals surface area (Å²) >= 11 is 0. The summed E-state index contributed by atoms with van der Waals surface area (Å²) in [6.45, 7) is 5.86. The quantitative estimate of drug-likeness (QED) is 0.762. The Labute approximate surface area is 163 Å². The van der Waals surface area contributed by atoms with Crippen LogP contribution in [0.25, 0.3) is 0 Å². The first-order chi connectivity index (χ1) is 12.8. The van der Waals surface area contributed by atoms with E-state index in [0.29, 0.717) is 11.8 Å². The molecule has 0 bridgehead atoms. The Bertz CT molecular complexity index is 626. The topological polar surface area (TPSA) is 72.7 Å². The van der Waals surface area contributed by atoms with E-state index in [1.54, 1.807) is 0 Å². The maximum absolute atomic E-state index is 10.1. The van der Waals surface area contributed by atoms with E-state index in [-0.39, 0.29) is 18.2 Å². The lowest BCUT2D eigenvalue weighted by Crippen LogP contribution is -2.33. The van der Waals surface area contributed by atoms with Gasteiger partial charge in [-0.3, -0.25) is 4.90 Å². The predicted molar refractivity (Wildman–Crippen MR) is 108 cm³/mol. The maximum atomic E-state index is 10.1. The molecule has 2 aliphatic carbocycles. The molecular weight excluding hydrogens is 340 g/mol. The second-order valence-corrected chi connectivity index (χ2v) is 8.74. The van der Waals surface area contributed by atoms with E-state index in [1.165, 1.54) is 0 Å². The first-order valence-electron chi connectivity index (χ1n) is 10.5. The molecule has 5 atom stereocenters. The van der Waals surface area contributed by atoms with Gasteiger partial charge in [0.1, 0.15) is 11.6 Å². The van der Waals surface area contributed by atoms with Gasteiger partial charge in [0.25, 0.3) is 0 Å². The molecule has 2 fully saturated rings. The van der Waals surface area contributed by atoms with Gasteiger partial charge in [0.2, 0.25) is 0 Å². The molecular formula is C21H36N4O2. The monoisotopic (exact) mass is 376 g/mol. The minimum absolute atomic E-state index is 0.0990. The van der Waals surface area contributed by atoms with Gasteiger partial charge in [-0.25, -0.2) is 9.97 Å². The summed E-state index contributed by atoms with van der Waals surface area (Å²) in [5.74, 6) is 2.45. The van der Waals surface area contributed by atoms with Crippen LogP contribution >= 0.6 is 0 Å². The molecule has 0 saturated heterocycles. The van der Waals surface area contributed by atoms with Crippen molar-refractivity contribution in [1.82, 2.24) is 14.9 Å². The van der Waals surface area contributed by atoms with Gasteiger partial charge in [0.05, 0.1) is 18.2 Å². The fourth-order valence-corrected chi connectivity index (χ4v) is 4.59. The molecule has 2 N–H and O–H groups in total. The van der Waals surface area contributed by atoms with Crippen molar-refractivity contribution >= 4 is 5.82 Å². The van der Waals surface area contributed by atoms with Crippen molar-refractivity contribution in [3.05, 3.63) is 17.6 Å². The molecule has 0 radical (unpaired) electrons. The first-order valence-corrected chi connectivity index (χ1v) is 10.5. The van der Waals surface area contributed by atoms with Crippen molar-refractivity contribution < 1.29 is 10.2 Å². The third kappa shape index (κ3) is 4.98. The second-order valence-electron chi connectivity index (χ2n) is 8.74. The minimum Gasteiger partial charge on any atom is -0.393 e. The van der Waals surface area contributed by atoms with E-state index in [1.807, 2.05) is 13.0 Å². The zero-order chi connectivity index (χ0) is 19.6. The van der Waals surface area contributed by atoms with Gasteiger partial charge >= 0.3 is 0 Å². The number of hydrogen-bond donors (Lipinski definition) is 2. The number of aliphatic hydroxyl groups is 2. The van der Waals surface area contributed by atoms with Crippen molar-refractivity contribution in [1.29, 1.82) is 0 Å². The largest absolute Gasteiger partial charge is 0.393 e. The van der Waals surface area contributed by atoms with Crippen LogP contribution in [0.1, 0.15) is 63.0 Å². The van der Waals surface area contributed by atoms with Crippen LogP contribution in [0.3, 0.4) is 0 Å². The van der Waals surface area contributed by atoms with Crippen molar-refractivity contribution in [2.75, 3.05) is 32.1 Å². The zero-order valence-corrected chi connectivity index (χ0v) is 17.3. The number of nitrogens with zero attached hydrogens (tertiary/aromatic N) is 4. The minimum atomic E-state index is -0.183. The third-order valence-electron chi connectivity index (χ3n) is 6.55. The highest BCUT2D eigenvalue weighted by atomic mass is 16.3. The lowest BCUT2D eigenvalue weighted by atomic mass is 10.0. The Morgan fingerprint density at radius 3 is 2.15 bits per heavy atom. The van der Waals surface area contributed by atoms with Crippen molar-refractivity contribution in [3.8, 4) is 0 Å². The molecule has 1 aromatic heterocycles. The van der Waals surface area contributed by atoms with Crippen LogP contribution in [-0.2, 0) is 0 Å². The summed E-state index contributed by atoms with van der Waals surface area (Å²) in [6.07, 6.45) is 5.92. The molecule has 27 heavy (non-hydrogen) atoms. The van der Waals surface area contributed by atoms with Gasteiger partial charge in [-0.15, -0.1) is 0 Å². The molecule has 0 aliphatic heterocycles. The van der Waals surface area contributed by atoms with Crippen LogP contribution in [0.5, 0.6) is 0 Å². The summed E-state index contributed by atoms with van der Waals surface area (Å²) in [5, 5.41) is 20.2. The number of aromatic nitrogens is 2. The highest BCUT2D eigenvalue weighted by molar-refractivity contribution is 5.39. The summed E-state index contributed by atoms with van der Waals surface area (Å²) in [5.41, 5.74) is 0.968. The Morgan fingerprint density at radius 1 is 1.00 bits per heavy atom. The van der Waals surface area contributed by atoms with Gasteiger partial charge in [-0.2, -0.15) is 0 Å². The maximum Gasteiger partial charge on any atom is 0.147 e. The number of anilines is 1. The molecule has 0 spiro atoms. The molecule has 2 aliphatic rings. The zero-order valence-electron chi connectivity index (χ0n) is 17.3. The normalized spacial score (nSPS) is 29.4. The third-order valence-corrected chi connectivity index (χ3v) is 6.55. The average Bonchev–Trinajstić information content (AvgIpc) is 3.22. The van der Waals surface area contributed by atoms with Crippen molar-refractivity contribution in [3.63, 3.8) is 0 Å². The molecule has 2 saturated carbocycles. The molecule has 0 amide bonds. The second kappa shape index (κ2) is 8.84. The fraction of sp³-hybridized carbons (Fsp3) is 0.810. The van der Waals surface area contributed by atoms with E-state index >= 15 is 0 Å². The van der Waals surface area contributed by atoms with Gasteiger partial charge in [0.15, 0.2) is 0 Å². The molecule has 1 heterocycles. The highest BCUT2D eigenvalue weighted by Crippen LogP contribution is 2.30. The summed E-state index contributed by atoms with van der Waals surface area (Å²) in [6, 6.07) is 2.13. The smallest absolute Gasteiger partial charge is 0.147 e. The fourth-order valence-electron chi connectivity index (χ4n) is 4.59. The van der Waals surface area contributed by atoms with E-state index in [2.05, 4.69) is 35.8 Å². The van der Waals surface area contributed by atoms with E-state index in [0.717, 1.165) is 69.0 Å². The van der Waals surface area contributed by atoms with Crippen LogP contribution < -0.4 is 4.90 Å². The van der Waals surface area contributed by atoms with Gasteiger partial charge in [-0.1, -0.05) is 12.8 Å². The highest BCUT2D eigenvalue weighted by Gasteiger charge is 2.29. The predicted octanol–water partition coefficient (Wildman–Crippen LogP) is 2.54. The summed E-state index contributed by atoms with van der Waals surface area (Å²) in [4.78, 5) is 14.0. The number of rotatable bonds is 7. The Balaban J connectivity index is 1.68. The molecule has 0 aromatic carbocycles. The van der Waals surface area contributed by atoms with Gasteiger partial charge in [0, 0.05) is 37.8 Å². The van der Waals surface area contributed by atoms with Crippen LogP contribution in [0.4, 0.5) is 5.82 Å². The van der Waals surface area contributed by atoms with Crippen LogP contribution in [0, 0.1) is 18.8 Å². The number of aryl methyl sites for hydroxylation is 1. The SMILES string of the molecule is Cc1cc(N(C)C[C@@H]2CCC[C@@H]2O)nc([C@H](C)N(C)C[C@H]2CCC[C@H]2O)n1. The Morgan fingerprint density at radius 2 is 1.59 bits per heavy atom. The molecule has 6 nitrogen and oxygen atoms in total. The number of aliphatic hydroxyl groups excluding tert-OH is 2. The molecule has 1 aromatic rings. The Kier molecular flexibility index (Phi) is 6.71. The van der Waals surface area contributed by atoms with E-state index in [4.69, 9.17) is 4.98 Å². The Hall–Kier alpha value is -1.24. The first kappa shape index (κ1) is 20.5. The van der Waals surface area contributed by atoms with Crippen LogP contribution in [0.15, 0.2) is 6.07 Å². The van der Waals surface area contributed by atoms with E-state index in [9.17, 15) is 10.2 Å². The average molecular weight is 377 g/mol. The standard InChI is InChI=1S/C21H36N4O2/c1-14-11-20(25(4)13-17-8-6-10-19(17)27)23-21(22-14)15(2)24(3)12-16-7-5-9-18(16)26/h11,15-19,26-27H,5-10,12-13H2,1-4H3/t15-,16+,17-,18+,19-/m0/s1. The summed E-state index contributed by atoms with van der Waals surface area (Å²) in [7, 11) is 4.15.